The van der Waals surface area contributed by atoms with Crippen LogP contribution in [0.3, 0.4) is 0 Å². The summed E-state index contributed by atoms with van der Waals surface area (Å²) in [5.74, 6) is 0.604. The number of rotatable bonds is 5. The van der Waals surface area contributed by atoms with Crippen molar-refractivity contribution in [2.45, 2.75) is 25.2 Å². The second kappa shape index (κ2) is 6.12. The molecule has 0 amide bonds. The Kier molecular flexibility index (Phi) is 4.64. The summed E-state index contributed by atoms with van der Waals surface area (Å²) in [5.41, 5.74) is 0. The molecule has 0 aliphatic carbocycles. The maximum absolute atomic E-state index is 12.3. The van der Waals surface area contributed by atoms with Crippen LogP contribution in [-0.4, -0.2) is 46.0 Å². The molecule has 0 aliphatic heterocycles. The highest BCUT2D eigenvalue weighted by Gasteiger charge is 2.39. The van der Waals surface area contributed by atoms with Gasteiger partial charge in [0.2, 0.25) is 11.7 Å². The number of halogens is 3. The number of aliphatic hydroxyl groups is 1. The molecule has 5 nitrogen and oxygen atoms in total. The number of hydrogen-bond acceptors (Lipinski definition) is 6. The Hall–Kier alpha value is -1.45. The molecule has 21 heavy (non-hydrogen) atoms. The molecule has 116 valence electrons. The zero-order chi connectivity index (χ0) is 15.6. The van der Waals surface area contributed by atoms with Crippen molar-refractivity contribution in [3.05, 3.63) is 23.4 Å². The van der Waals surface area contributed by atoms with Crippen molar-refractivity contribution in [3.63, 3.8) is 0 Å². The lowest BCUT2D eigenvalue weighted by Crippen LogP contribution is -2.40. The van der Waals surface area contributed by atoms with Gasteiger partial charge in [-0.1, -0.05) is 11.2 Å². The number of aromatic nitrogens is 2. The van der Waals surface area contributed by atoms with Crippen LogP contribution < -0.4 is 0 Å². The van der Waals surface area contributed by atoms with E-state index in [2.05, 4.69) is 10.1 Å². The lowest BCUT2D eigenvalue weighted by atomic mass is 10.2. The molecule has 0 bridgehead atoms. The fraction of sp³-hybridized carbons (Fsp3) is 0.500. The molecule has 9 heteroatoms. The minimum absolute atomic E-state index is 0.204. The molecule has 1 N–H and O–H groups in total. The summed E-state index contributed by atoms with van der Waals surface area (Å²) >= 11 is 1.44. The molecule has 0 radical (unpaired) electrons. The maximum Gasteiger partial charge on any atom is 0.415 e. The Bertz CT molecular complexity index is 571. The van der Waals surface area contributed by atoms with Crippen LogP contribution in [0.2, 0.25) is 0 Å². The predicted molar refractivity (Wildman–Crippen MR) is 70.7 cm³/mol. The van der Waals surface area contributed by atoms with Gasteiger partial charge in [-0.3, -0.25) is 4.90 Å². The van der Waals surface area contributed by atoms with E-state index in [-0.39, 0.29) is 5.89 Å². The van der Waals surface area contributed by atoms with Gasteiger partial charge in [-0.05, 0) is 25.4 Å². The molecule has 0 spiro atoms. The van der Waals surface area contributed by atoms with Crippen LogP contribution in [0.1, 0.15) is 18.9 Å². The third-order valence-corrected chi connectivity index (χ3v) is 3.91. The molecule has 2 heterocycles. The number of hydrogen-bond donors (Lipinski definition) is 1. The summed E-state index contributed by atoms with van der Waals surface area (Å²) in [6, 6.07) is 3.12. The summed E-state index contributed by atoms with van der Waals surface area (Å²) < 4.78 is 42.1. The molecule has 2 aromatic heterocycles. The van der Waals surface area contributed by atoms with E-state index in [0.717, 1.165) is 4.88 Å². The van der Waals surface area contributed by atoms with E-state index in [0.29, 0.717) is 5.82 Å². The van der Waals surface area contributed by atoms with Gasteiger partial charge in [0.05, 0.1) is 10.9 Å². The number of nitrogens with zero attached hydrogens (tertiary/aromatic N) is 3. The summed E-state index contributed by atoms with van der Waals surface area (Å²) in [4.78, 5) is 6.30. The average molecular weight is 321 g/mol. The van der Waals surface area contributed by atoms with E-state index < -0.39 is 24.9 Å². The smallest absolute Gasteiger partial charge is 0.382 e. The third kappa shape index (κ3) is 3.80. The van der Waals surface area contributed by atoms with Crippen molar-refractivity contribution in [2.24, 2.45) is 0 Å². The topological polar surface area (TPSA) is 62.4 Å². The molecular formula is C12H14F3N3O2S. The van der Waals surface area contributed by atoms with Crippen molar-refractivity contribution >= 4 is 11.3 Å². The first-order valence-electron chi connectivity index (χ1n) is 6.11. The summed E-state index contributed by atoms with van der Waals surface area (Å²) in [6.45, 7) is 1.07. The Morgan fingerprint density at radius 3 is 2.76 bits per heavy atom. The quantitative estimate of drug-likeness (QED) is 0.917. The minimum atomic E-state index is -4.65. The van der Waals surface area contributed by atoms with Crippen LogP contribution in [0.15, 0.2) is 22.0 Å². The molecule has 2 atom stereocenters. The first-order valence-corrected chi connectivity index (χ1v) is 6.99. The highest BCUT2D eigenvalue weighted by atomic mass is 32.1. The van der Waals surface area contributed by atoms with E-state index in [4.69, 9.17) is 9.63 Å². The summed E-state index contributed by atoms with van der Waals surface area (Å²) in [7, 11) is 1.45. The van der Waals surface area contributed by atoms with Gasteiger partial charge in [0.15, 0.2) is 6.10 Å². The lowest BCUT2D eigenvalue weighted by Gasteiger charge is -2.25. The van der Waals surface area contributed by atoms with Gasteiger partial charge in [0.1, 0.15) is 0 Å². The maximum atomic E-state index is 12.3. The van der Waals surface area contributed by atoms with Gasteiger partial charge in [0, 0.05) is 6.54 Å². The minimum Gasteiger partial charge on any atom is -0.382 e. The fourth-order valence-corrected chi connectivity index (χ4v) is 2.28. The molecular weight excluding hydrogens is 307 g/mol. The molecule has 0 saturated carbocycles. The van der Waals surface area contributed by atoms with E-state index in [1.54, 1.807) is 6.92 Å². The Morgan fingerprint density at radius 2 is 2.19 bits per heavy atom. The molecule has 0 aromatic carbocycles. The van der Waals surface area contributed by atoms with Gasteiger partial charge in [-0.25, -0.2) is 0 Å². The van der Waals surface area contributed by atoms with Gasteiger partial charge in [-0.15, -0.1) is 11.3 Å². The van der Waals surface area contributed by atoms with Crippen LogP contribution in [0.4, 0.5) is 13.2 Å². The highest BCUT2D eigenvalue weighted by Crippen LogP contribution is 2.26. The lowest BCUT2D eigenvalue weighted by molar-refractivity contribution is -0.208. The van der Waals surface area contributed by atoms with Crippen molar-refractivity contribution < 1.29 is 22.8 Å². The van der Waals surface area contributed by atoms with Crippen molar-refractivity contribution in [2.75, 3.05) is 13.6 Å². The number of alkyl halides is 3. The predicted octanol–water partition coefficient (Wildman–Crippen LogP) is 2.71. The second-order valence-corrected chi connectivity index (χ2v) is 5.55. The van der Waals surface area contributed by atoms with E-state index in [9.17, 15) is 13.2 Å². The first kappa shape index (κ1) is 15.9. The normalized spacial score (nSPS) is 15.4. The van der Waals surface area contributed by atoms with Crippen LogP contribution in [0.5, 0.6) is 0 Å². The summed E-state index contributed by atoms with van der Waals surface area (Å²) in [5, 5.41) is 14.7. The summed E-state index contributed by atoms with van der Waals surface area (Å²) in [6.07, 6.45) is -7.06. The standard InChI is InChI=1S/C12H14F3N3O2S/c1-7(18(2)6-9(19)12(13,14)15)11-16-10(17-20-11)8-4-3-5-21-8/h3-5,7,9,19H,6H2,1-2H3. The van der Waals surface area contributed by atoms with Crippen LogP contribution >= 0.6 is 11.3 Å². The zero-order valence-corrected chi connectivity index (χ0v) is 12.1. The van der Waals surface area contributed by atoms with Gasteiger partial charge in [0.25, 0.3) is 0 Å². The average Bonchev–Trinajstić information content (AvgIpc) is 3.07. The van der Waals surface area contributed by atoms with Gasteiger partial charge >= 0.3 is 6.18 Å². The van der Waals surface area contributed by atoms with Crippen molar-refractivity contribution in [1.29, 1.82) is 0 Å². The zero-order valence-electron chi connectivity index (χ0n) is 11.3. The fourth-order valence-electron chi connectivity index (χ4n) is 1.63. The van der Waals surface area contributed by atoms with Crippen molar-refractivity contribution in [1.82, 2.24) is 15.0 Å². The molecule has 2 aromatic rings. The van der Waals surface area contributed by atoms with E-state index in [1.807, 2.05) is 17.5 Å². The molecule has 0 saturated heterocycles. The van der Waals surface area contributed by atoms with Gasteiger partial charge in [-0.2, -0.15) is 18.2 Å². The number of thiophene rings is 1. The van der Waals surface area contributed by atoms with Gasteiger partial charge < -0.3 is 9.63 Å². The van der Waals surface area contributed by atoms with Crippen LogP contribution in [0, 0.1) is 0 Å². The van der Waals surface area contributed by atoms with E-state index >= 15 is 0 Å². The van der Waals surface area contributed by atoms with Crippen LogP contribution in [-0.2, 0) is 0 Å². The first-order chi connectivity index (χ1) is 9.79. The Morgan fingerprint density at radius 1 is 1.48 bits per heavy atom. The highest BCUT2D eigenvalue weighted by molar-refractivity contribution is 7.13. The number of aliphatic hydroxyl groups excluding tert-OH is 1. The third-order valence-electron chi connectivity index (χ3n) is 3.04. The Balaban J connectivity index is 2.04. The molecule has 2 unspecified atom stereocenters. The molecule has 2 rings (SSSR count). The monoisotopic (exact) mass is 321 g/mol. The Labute approximate surface area is 123 Å². The van der Waals surface area contributed by atoms with E-state index in [1.165, 1.54) is 23.3 Å². The second-order valence-electron chi connectivity index (χ2n) is 4.61. The van der Waals surface area contributed by atoms with Crippen LogP contribution in [0.25, 0.3) is 10.7 Å². The van der Waals surface area contributed by atoms with Crippen molar-refractivity contribution in [3.8, 4) is 10.7 Å². The SMILES string of the molecule is CC(c1nc(-c2cccs2)no1)N(C)CC(O)C(F)(F)F. The number of likely N-dealkylation sites (N-methyl/N-ethyl adjacent to an activating group) is 1. The molecule has 0 fully saturated rings. The molecule has 0 aliphatic rings. The largest absolute Gasteiger partial charge is 0.415 e.